The van der Waals surface area contributed by atoms with Crippen LogP contribution in [0.3, 0.4) is 0 Å². The molecule has 5 nitrogen and oxygen atoms in total. The molecule has 0 radical (unpaired) electrons. The number of methoxy groups -OCH3 is 1. The first-order chi connectivity index (χ1) is 8.85. The van der Waals surface area contributed by atoms with Crippen molar-refractivity contribution in [2.45, 2.75) is 19.4 Å². The molecule has 0 amide bonds. The van der Waals surface area contributed by atoms with Crippen LogP contribution in [0.4, 0.5) is 5.69 Å². The third kappa shape index (κ3) is 2.68. The first-order valence-corrected chi connectivity index (χ1v) is 6.25. The molecule has 0 fully saturated rings. The van der Waals surface area contributed by atoms with E-state index in [0.717, 1.165) is 0 Å². The molecular formula is C12H13Cl2N3O2. The molecule has 0 atom stereocenters. The zero-order valence-corrected chi connectivity index (χ0v) is 12.2. The number of ether oxygens (including phenoxy) is 1. The third-order valence-electron chi connectivity index (χ3n) is 2.80. The molecule has 7 heteroatoms. The average molecular weight is 302 g/mol. The summed E-state index contributed by atoms with van der Waals surface area (Å²) in [6, 6.07) is 3.25. The van der Waals surface area contributed by atoms with Crippen molar-refractivity contribution >= 4 is 28.9 Å². The number of benzene rings is 1. The van der Waals surface area contributed by atoms with Crippen LogP contribution >= 0.6 is 23.2 Å². The van der Waals surface area contributed by atoms with E-state index in [0.29, 0.717) is 33.0 Å². The number of nitrogens with zero attached hydrogens (tertiary/aromatic N) is 2. The summed E-state index contributed by atoms with van der Waals surface area (Å²) in [6.45, 7) is 3.68. The maximum Gasteiger partial charge on any atom is 0.258 e. The van der Waals surface area contributed by atoms with Gasteiger partial charge in [-0.05, 0) is 26.0 Å². The Morgan fingerprint density at radius 2 is 1.84 bits per heavy atom. The van der Waals surface area contributed by atoms with Crippen LogP contribution in [0, 0.1) is 0 Å². The predicted molar refractivity (Wildman–Crippen MR) is 74.2 cm³/mol. The molecular weight excluding hydrogens is 289 g/mol. The van der Waals surface area contributed by atoms with Gasteiger partial charge in [0.1, 0.15) is 5.60 Å². The van der Waals surface area contributed by atoms with E-state index in [9.17, 15) is 0 Å². The Morgan fingerprint density at radius 3 is 2.37 bits per heavy atom. The van der Waals surface area contributed by atoms with E-state index in [1.165, 1.54) is 0 Å². The van der Waals surface area contributed by atoms with Gasteiger partial charge in [0.25, 0.3) is 5.89 Å². The summed E-state index contributed by atoms with van der Waals surface area (Å²) in [6.07, 6.45) is 0. The van der Waals surface area contributed by atoms with E-state index in [-0.39, 0.29) is 0 Å². The highest BCUT2D eigenvalue weighted by Crippen LogP contribution is 2.33. The smallest absolute Gasteiger partial charge is 0.258 e. The maximum atomic E-state index is 5.97. The van der Waals surface area contributed by atoms with E-state index in [4.69, 9.17) is 38.2 Å². The second kappa shape index (κ2) is 5.00. The minimum absolute atomic E-state index is 0.309. The summed E-state index contributed by atoms with van der Waals surface area (Å²) in [4.78, 5) is 4.27. The SMILES string of the molecule is COC(C)(C)c1noc(-c2cc(Cl)c(N)c(Cl)c2)n1. The zero-order valence-electron chi connectivity index (χ0n) is 10.7. The molecule has 2 N–H and O–H groups in total. The van der Waals surface area contributed by atoms with Crippen molar-refractivity contribution in [1.82, 2.24) is 10.1 Å². The quantitative estimate of drug-likeness (QED) is 0.878. The van der Waals surface area contributed by atoms with Crippen LogP contribution in [0.1, 0.15) is 19.7 Å². The number of halogens is 2. The molecule has 2 rings (SSSR count). The number of hydrogen-bond donors (Lipinski definition) is 1. The van der Waals surface area contributed by atoms with Crippen LogP contribution in [0.25, 0.3) is 11.5 Å². The van der Waals surface area contributed by atoms with E-state index in [2.05, 4.69) is 10.1 Å². The molecule has 0 aliphatic rings. The van der Waals surface area contributed by atoms with Gasteiger partial charge in [-0.1, -0.05) is 28.4 Å². The molecule has 0 saturated heterocycles. The van der Waals surface area contributed by atoms with Gasteiger partial charge >= 0.3 is 0 Å². The Kier molecular flexibility index (Phi) is 3.71. The van der Waals surface area contributed by atoms with Gasteiger partial charge in [-0.2, -0.15) is 4.98 Å². The number of nitrogens with two attached hydrogens (primary N) is 1. The lowest BCUT2D eigenvalue weighted by Gasteiger charge is -2.17. The summed E-state index contributed by atoms with van der Waals surface area (Å²) < 4.78 is 10.5. The zero-order chi connectivity index (χ0) is 14.2. The predicted octanol–water partition coefficient (Wildman–Crippen LogP) is 3.51. The molecule has 102 valence electrons. The normalized spacial score (nSPS) is 11.8. The van der Waals surface area contributed by atoms with Gasteiger partial charge in [0.15, 0.2) is 0 Å². The van der Waals surface area contributed by atoms with Gasteiger partial charge in [-0.15, -0.1) is 0 Å². The monoisotopic (exact) mass is 301 g/mol. The Morgan fingerprint density at radius 1 is 1.26 bits per heavy atom. The van der Waals surface area contributed by atoms with Crippen molar-refractivity contribution in [1.29, 1.82) is 0 Å². The molecule has 1 aromatic carbocycles. The van der Waals surface area contributed by atoms with Crippen molar-refractivity contribution < 1.29 is 9.26 Å². The lowest BCUT2D eigenvalue weighted by Crippen LogP contribution is -2.21. The molecule has 0 aliphatic heterocycles. The molecule has 1 heterocycles. The molecule has 2 aromatic rings. The van der Waals surface area contributed by atoms with Crippen LogP contribution < -0.4 is 5.73 Å². The van der Waals surface area contributed by atoms with Crippen LogP contribution in [0.2, 0.25) is 10.0 Å². The number of nitrogen functional groups attached to an aromatic ring is 1. The largest absolute Gasteiger partial charge is 0.396 e. The van der Waals surface area contributed by atoms with Gasteiger partial charge in [-0.3, -0.25) is 0 Å². The Balaban J connectivity index is 2.44. The summed E-state index contributed by atoms with van der Waals surface area (Å²) in [5.74, 6) is 0.748. The highest BCUT2D eigenvalue weighted by Gasteiger charge is 2.26. The second-order valence-electron chi connectivity index (χ2n) is 4.49. The van der Waals surface area contributed by atoms with Gasteiger partial charge in [-0.25, -0.2) is 0 Å². The fourth-order valence-electron chi connectivity index (χ4n) is 1.38. The van der Waals surface area contributed by atoms with Gasteiger partial charge in [0, 0.05) is 12.7 Å². The lowest BCUT2D eigenvalue weighted by molar-refractivity contribution is 0.00973. The van der Waals surface area contributed by atoms with Gasteiger partial charge in [0.2, 0.25) is 5.82 Å². The van der Waals surface area contributed by atoms with Crippen LogP contribution in [0.15, 0.2) is 16.7 Å². The summed E-state index contributed by atoms with van der Waals surface area (Å²) in [5.41, 5.74) is 5.97. The highest BCUT2D eigenvalue weighted by atomic mass is 35.5. The van der Waals surface area contributed by atoms with E-state index >= 15 is 0 Å². The summed E-state index contributed by atoms with van der Waals surface area (Å²) in [7, 11) is 1.58. The summed E-state index contributed by atoms with van der Waals surface area (Å²) >= 11 is 11.9. The molecule has 19 heavy (non-hydrogen) atoms. The van der Waals surface area contributed by atoms with Crippen molar-refractivity contribution in [3.05, 3.63) is 28.0 Å². The number of rotatable bonds is 3. The Labute approximate surface area is 120 Å². The van der Waals surface area contributed by atoms with E-state index < -0.39 is 5.60 Å². The van der Waals surface area contributed by atoms with Crippen LogP contribution in [0.5, 0.6) is 0 Å². The van der Waals surface area contributed by atoms with Crippen molar-refractivity contribution in [2.24, 2.45) is 0 Å². The highest BCUT2D eigenvalue weighted by molar-refractivity contribution is 6.39. The topological polar surface area (TPSA) is 74.2 Å². The minimum Gasteiger partial charge on any atom is -0.396 e. The molecule has 0 saturated carbocycles. The molecule has 0 unspecified atom stereocenters. The Bertz CT molecular complexity index is 588. The molecule has 0 aliphatic carbocycles. The Hall–Kier alpha value is -1.30. The van der Waals surface area contributed by atoms with Gasteiger partial charge < -0.3 is 15.0 Å². The van der Waals surface area contributed by atoms with Crippen molar-refractivity contribution in [3.8, 4) is 11.5 Å². The average Bonchev–Trinajstić information content (AvgIpc) is 2.85. The summed E-state index contributed by atoms with van der Waals surface area (Å²) in [5, 5.41) is 4.57. The van der Waals surface area contributed by atoms with Gasteiger partial charge in [0.05, 0.1) is 15.7 Å². The number of hydrogen-bond acceptors (Lipinski definition) is 5. The second-order valence-corrected chi connectivity index (χ2v) is 5.31. The fraction of sp³-hybridized carbons (Fsp3) is 0.333. The van der Waals surface area contributed by atoms with Crippen molar-refractivity contribution in [2.75, 3.05) is 12.8 Å². The number of aromatic nitrogens is 2. The standard InChI is InChI=1S/C12H13Cl2N3O2/c1-12(2,18-3)11-16-10(19-17-11)6-4-7(13)9(15)8(14)5-6/h4-5H,15H2,1-3H3. The van der Waals surface area contributed by atoms with Crippen molar-refractivity contribution in [3.63, 3.8) is 0 Å². The van der Waals surface area contributed by atoms with E-state index in [1.54, 1.807) is 19.2 Å². The lowest BCUT2D eigenvalue weighted by atomic mass is 10.1. The maximum absolute atomic E-state index is 5.97. The third-order valence-corrected chi connectivity index (χ3v) is 3.43. The minimum atomic E-state index is -0.636. The first kappa shape index (κ1) is 14.1. The molecule has 1 aromatic heterocycles. The van der Waals surface area contributed by atoms with E-state index in [1.807, 2.05) is 13.8 Å². The number of anilines is 1. The molecule has 0 bridgehead atoms. The van der Waals surface area contributed by atoms with Crippen LogP contribution in [-0.2, 0) is 10.3 Å². The first-order valence-electron chi connectivity index (χ1n) is 5.49. The molecule has 0 spiro atoms. The fourth-order valence-corrected chi connectivity index (χ4v) is 1.87. The van der Waals surface area contributed by atoms with Crippen LogP contribution in [-0.4, -0.2) is 17.3 Å².